The lowest BCUT2D eigenvalue weighted by Gasteiger charge is -2.29. The molecule has 0 spiro atoms. The summed E-state index contributed by atoms with van der Waals surface area (Å²) in [4.78, 5) is 13.7. The van der Waals surface area contributed by atoms with Crippen LogP contribution in [0, 0.1) is 6.92 Å². The first-order valence-electron chi connectivity index (χ1n) is 7.16. The lowest BCUT2D eigenvalue weighted by molar-refractivity contribution is 0.112. The van der Waals surface area contributed by atoms with E-state index >= 15 is 0 Å². The van der Waals surface area contributed by atoms with Crippen LogP contribution in [0.5, 0.6) is 0 Å². The molecule has 104 valence electrons. The van der Waals surface area contributed by atoms with E-state index in [-0.39, 0.29) is 0 Å². The van der Waals surface area contributed by atoms with E-state index in [9.17, 15) is 4.79 Å². The average Bonchev–Trinajstić information content (AvgIpc) is 2.85. The third-order valence-corrected chi connectivity index (χ3v) is 3.86. The normalized spacial score (nSPS) is 15.3. The summed E-state index contributed by atoms with van der Waals surface area (Å²) >= 11 is 0. The molecule has 4 heteroatoms. The molecule has 20 heavy (non-hydrogen) atoms. The molecule has 1 aromatic carbocycles. The maximum Gasteiger partial charge on any atom is 0.155 e. The van der Waals surface area contributed by atoms with Crippen molar-refractivity contribution in [2.45, 2.75) is 26.2 Å². The van der Waals surface area contributed by atoms with E-state index in [0.717, 1.165) is 42.1 Å². The standard InChI is InChI=1S/C16H19N3O/c1-13-15(12-20)16(18-10-6-3-7-11-18)19(17-13)14-8-4-2-5-9-14/h2,4-5,8-9,12H,3,6-7,10-11H2,1H3. The molecule has 2 aromatic rings. The van der Waals surface area contributed by atoms with Gasteiger partial charge in [0.2, 0.25) is 0 Å². The monoisotopic (exact) mass is 269 g/mol. The number of benzene rings is 1. The van der Waals surface area contributed by atoms with Gasteiger partial charge in [-0.1, -0.05) is 18.2 Å². The molecule has 0 radical (unpaired) electrons. The van der Waals surface area contributed by atoms with Crippen molar-refractivity contribution in [1.29, 1.82) is 0 Å². The molecule has 1 fully saturated rings. The van der Waals surface area contributed by atoms with Gasteiger partial charge in [-0.2, -0.15) is 5.10 Å². The van der Waals surface area contributed by atoms with Crippen molar-refractivity contribution in [2.75, 3.05) is 18.0 Å². The zero-order valence-electron chi connectivity index (χ0n) is 11.7. The summed E-state index contributed by atoms with van der Waals surface area (Å²) in [5, 5.41) is 4.57. The summed E-state index contributed by atoms with van der Waals surface area (Å²) in [6, 6.07) is 10.0. The van der Waals surface area contributed by atoms with Crippen LogP contribution in [0.25, 0.3) is 5.69 Å². The number of aromatic nitrogens is 2. The second-order valence-corrected chi connectivity index (χ2v) is 5.24. The minimum Gasteiger partial charge on any atom is -0.356 e. The first-order chi connectivity index (χ1) is 9.81. The van der Waals surface area contributed by atoms with Gasteiger partial charge in [0.15, 0.2) is 6.29 Å². The van der Waals surface area contributed by atoms with Crippen molar-refractivity contribution >= 4 is 12.1 Å². The lowest BCUT2D eigenvalue weighted by Crippen LogP contribution is -2.32. The van der Waals surface area contributed by atoms with Crippen LogP contribution < -0.4 is 4.90 Å². The number of piperidine rings is 1. The highest BCUT2D eigenvalue weighted by Gasteiger charge is 2.22. The Bertz CT molecular complexity index is 598. The Morgan fingerprint density at radius 3 is 2.45 bits per heavy atom. The third kappa shape index (κ3) is 2.22. The topological polar surface area (TPSA) is 38.1 Å². The zero-order chi connectivity index (χ0) is 13.9. The van der Waals surface area contributed by atoms with Crippen LogP contribution in [-0.2, 0) is 0 Å². The van der Waals surface area contributed by atoms with E-state index in [1.165, 1.54) is 19.3 Å². The van der Waals surface area contributed by atoms with Gasteiger partial charge in [0.05, 0.1) is 16.9 Å². The number of anilines is 1. The van der Waals surface area contributed by atoms with Gasteiger partial charge in [-0.05, 0) is 38.3 Å². The Kier molecular flexibility index (Phi) is 3.54. The molecule has 0 unspecified atom stereocenters. The van der Waals surface area contributed by atoms with Crippen molar-refractivity contribution in [1.82, 2.24) is 9.78 Å². The van der Waals surface area contributed by atoms with E-state index in [1.54, 1.807) is 0 Å². The number of aryl methyl sites for hydroxylation is 1. The number of hydrogen-bond donors (Lipinski definition) is 0. The molecule has 0 N–H and O–H groups in total. The van der Waals surface area contributed by atoms with Gasteiger partial charge in [0.1, 0.15) is 5.82 Å². The number of carbonyl (C=O) groups is 1. The van der Waals surface area contributed by atoms with E-state index in [1.807, 2.05) is 41.9 Å². The minimum atomic E-state index is 0.718. The van der Waals surface area contributed by atoms with Gasteiger partial charge in [-0.15, -0.1) is 0 Å². The van der Waals surface area contributed by atoms with Crippen LogP contribution in [0.15, 0.2) is 30.3 Å². The molecular formula is C16H19N3O. The van der Waals surface area contributed by atoms with Crippen molar-refractivity contribution in [3.05, 3.63) is 41.6 Å². The highest BCUT2D eigenvalue weighted by atomic mass is 16.1. The Hall–Kier alpha value is -2.10. The van der Waals surface area contributed by atoms with Gasteiger partial charge in [0, 0.05) is 13.1 Å². The van der Waals surface area contributed by atoms with Crippen LogP contribution in [0.4, 0.5) is 5.82 Å². The quantitative estimate of drug-likeness (QED) is 0.804. The van der Waals surface area contributed by atoms with Crippen LogP contribution in [0.1, 0.15) is 35.3 Å². The fourth-order valence-electron chi connectivity index (χ4n) is 2.82. The van der Waals surface area contributed by atoms with Gasteiger partial charge < -0.3 is 4.90 Å². The summed E-state index contributed by atoms with van der Waals surface area (Å²) in [7, 11) is 0. The van der Waals surface area contributed by atoms with Crippen LogP contribution in [-0.4, -0.2) is 29.2 Å². The molecule has 4 nitrogen and oxygen atoms in total. The average molecular weight is 269 g/mol. The fraction of sp³-hybridized carbons (Fsp3) is 0.375. The molecule has 0 amide bonds. The molecule has 0 saturated carbocycles. The number of hydrogen-bond acceptors (Lipinski definition) is 3. The zero-order valence-corrected chi connectivity index (χ0v) is 11.7. The largest absolute Gasteiger partial charge is 0.356 e. The molecule has 1 aromatic heterocycles. The predicted molar refractivity (Wildman–Crippen MR) is 79.8 cm³/mol. The number of carbonyl (C=O) groups excluding carboxylic acids is 1. The molecule has 1 saturated heterocycles. The molecule has 2 heterocycles. The van der Waals surface area contributed by atoms with Crippen LogP contribution in [0.3, 0.4) is 0 Å². The summed E-state index contributed by atoms with van der Waals surface area (Å²) in [5.74, 6) is 0.948. The van der Waals surface area contributed by atoms with Crippen LogP contribution in [0.2, 0.25) is 0 Å². The number of nitrogens with zero attached hydrogens (tertiary/aromatic N) is 3. The SMILES string of the molecule is Cc1nn(-c2ccccc2)c(N2CCCCC2)c1C=O. The van der Waals surface area contributed by atoms with Crippen molar-refractivity contribution < 1.29 is 4.79 Å². The van der Waals surface area contributed by atoms with Gasteiger partial charge in [-0.3, -0.25) is 4.79 Å². The molecule has 0 aliphatic carbocycles. The van der Waals surface area contributed by atoms with Crippen LogP contribution >= 0.6 is 0 Å². The summed E-state index contributed by atoms with van der Waals surface area (Å²) in [6.07, 6.45) is 4.56. The van der Waals surface area contributed by atoms with Crippen molar-refractivity contribution in [3.63, 3.8) is 0 Å². The Balaban J connectivity index is 2.12. The fourth-order valence-corrected chi connectivity index (χ4v) is 2.82. The van der Waals surface area contributed by atoms with Gasteiger partial charge >= 0.3 is 0 Å². The number of rotatable bonds is 3. The second-order valence-electron chi connectivity index (χ2n) is 5.24. The Labute approximate surface area is 119 Å². The maximum atomic E-state index is 11.5. The lowest BCUT2D eigenvalue weighted by atomic mass is 10.1. The number of para-hydroxylation sites is 1. The Morgan fingerprint density at radius 2 is 1.80 bits per heavy atom. The maximum absolute atomic E-state index is 11.5. The minimum absolute atomic E-state index is 0.718. The molecule has 0 atom stereocenters. The highest BCUT2D eigenvalue weighted by Crippen LogP contribution is 2.28. The second kappa shape index (κ2) is 5.49. The van der Waals surface area contributed by atoms with Crippen molar-refractivity contribution in [2.24, 2.45) is 0 Å². The summed E-state index contributed by atoms with van der Waals surface area (Å²) in [6.45, 7) is 3.90. The number of aldehydes is 1. The van der Waals surface area contributed by atoms with E-state index < -0.39 is 0 Å². The van der Waals surface area contributed by atoms with Crippen molar-refractivity contribution in [3.8, 4) is 5.69 Å². The molecule has 0 bridgehead atoms. The first-order valence-corrected chi connectivity index (χ1v) is 7.16. The third-order valence-electron chi connectivity index (χ3n) is 3.86. The highest BCUT2D eigenvalue weighted by molar-refractivity contribution is 5.85. The van der Waals surface area contributed by atoms with E-state index in [0.29, 0.717) is 0 Å². The summed E-state index contributed by atoms with van der Waals surface area (Å²) < 4.78 is 1.91. The first kappa shape index (κ1) is 12.9. The molecular weight excluding hydrogens is 250 g/mol. The van der Waals surface area contributed by atoms with E-state index in [4.69, 9.17) is 0 Å². The molecule has 1 aliphatic heterocycles. The van der Waals surface area contributed by atoms with Gasteiger partial charge in [0.25, 0.3) is 0 Å². The Morgan fingerprint density at radius 1 is 1.10 bits per heavy atom. The summed E-state index contributed by atoms with van der Waals surface area (Å²) in [5.41, 5.74) is 2.52. The van der Waals surface area contributed by atoms with Gasteiger partial charge in [-0.25, -0.2) is 4.68 Å². The predicted octanol–water partition coefficient (Wildman–Crippen LogP) is 2.98. The molecule has 1 aliphatic rings. The molecule has 3 rings (SSSR count). The smallest absolute Gasteiger partial charge is 0.155 e. The van der Waals surface area contributed by atoms with E-state index in [2.05, 4.69) is 10.00 Å².